The number of methoxy groups -OCH3 is 1. The van der Waals surface area contributed by atoms with Gasteiger partial charge in [-0.1, -0.05) is 36.4 Å². The number of aryl methyl sites for hydroxylation is 1. The lowest BCUT2D eigenvalue weighted by atomic mass is 9.79. The summed E-state index contributed by atoms with van der Waals surface area (Å²) in [5, 5.41) is 9.77. The van der Waals surface area contributed by atoms with Crippen molar-refractivity contribution in [2.75, 3.05) is 7.11 Å². The van der Waals surface area contributed by atoms with Crippen molar-refractivity contribution in [1.29, 1.82) is 0 Å². The van der Waals surface area contributed by atoms with E-state index in [0.717, 1.165) is 35.3 Å². The Morgan fingerprint density at radius 3 is 2.22 bits per heavy atom. The van der Waals surface area contributed by atoms with Crippen LogP contribution in [0.25, 0.3) is 0 Å². The number of carbonyl (C=O) groups excluding carboxylic acids is 1. The maximum atomic E-state index is 11.9. The smallest absolute Gasteiger partial charge is 0.309 e. The molecule has 2 rings (SSSR count). The molecule has 0 aliphatic rings. The average molecular weight is 370 g/mol. The van der Waals surface area contributed by atoms with E-state index in [4.69, 9.17) is 6.15 Å². The zero-order chi connectivity index (χ0) is 20.6. The van der Waals surface area contributed by atoms with Crippen molar-refractivity contribution in [3.63, 3.8) is 0 Å². The minimum atomic E-state index is -0.855. The van der Waals surface area contributed by atoms with Crippen LogP contribution in [0.3, 0.4) is 0 Å². The third-order valence-corrected chi connectivity index (χ3v) is 4.85. The van der Waals surface area contributed by atoms with Crippen LogP contribution in [-0.4, -0.2) is 24.1 Å². The largest absolute Gasteiger partial charge is 0.497 e. The molecule has 3 N–H and O–H groups in total. The van der Waals surface area contributed by atoms with Gasteiger partial charge in [0.05, 0.1) is 18.9 Å². The number of hydrogen-bond donors (Lipinski definition) is 2. The molecular weight excluding hydrogens is 342 g/mol. The number of aliphatic carboxylic acids is 1. The summed E-state index contributed by atoms with van der Waals surface area (Å²) in [6, 6.07) is 15.2. The molecule has 0 heterocycles. The number of ether oxygens (including phenoxy) is 1. The van der Waals surface area contributed by atoms with E-state index in [0.29, 0.717) is 12.8 Å². The fourth-order valence-electron chi connectivity index (χ4n) is 3.16. The van der Waals surface area contributed by atoms with Gasteiger partial charge in [-0.2, -0.15) is 0 Å². The van der Waals surface area contributed by atoms with Crippen molar-refractivity contribution in [2.45, 2.75) is 39.0 Å². The quantitative estimate of drug-likeness (QED) is 0.671. The predicted molar refractivity (Wildman–Crippen MR) is 105 cm³/mol. The lowest BCUT2D eigenvalue weighted by molar-refractivity contribution is -0.148. The summed E-state index contributed by atoms with van der Waals surface area (Å²) in [4.78, 5) is 23.2. The Hall–Kier alpha value is -2.82. The zero-order valence-electron chi connectivity index (χ0n) is 16.8. The van der Waals surface area contributed by atoms with E-state index in [1.54, 1.807) is 14.0 Å². The number of carboxylic acid groups (broad SMARTS) is 1. The van der Waals surface area contributed by atoms with Crippen LogP contribution in [0, 0.1) is 5.41 Å². The average Bonchev–Trinajstić information content (AvgIpc) is 2.69. The minimum Gasteiger partial charge on any atom is -0.497 e. The standard InChI is InChI=1S/C22H27NO4/c1-22(21(25)26,13-3-4-16-9-11-19(27-2)12-10-16)15-18-7-5-17(6-8-18)14-20(23)24/h5-12H,3-4,13-15H2,1-2H3,(H2,23,24)(H,25,26)/i/hD. The molecule has 5 nitrogen and oxygen atoms in total. The van der Waals surface area contributed by atoms with Gasteiger partial charge in [-0.15, -0.1) is 0 Å². The Kier molecular flexibility index (Phi) is 6.47. The van der Waals surface area contributed by atoms with Crippen LogP contribution in [0.1, 0.15) is 36.5 Å². The number of nitrogens with two attached hydrogens (primary N) is 1. The monoisotopic (exact) mass is 370 g/mol. The highest BCUT2D eigenvalue weighted by Crippen LogP contribution is 2.30. The lowest BCUT2D eigenvalue weighted by Gasteiger charge is -2.25. The SMILES string of the molecule is [2H]NC(=O)Cc1ccc(CC(C)(CCCc2ccc(OC)cc2)C(=O)O)cc1. The molecule has 1 unspecified atom stereocenters. The molecule has 1 atom stereocenters. The number of rotatable bonds is 10. The fraction of sp³-hybridized carbons (Fsp3) is 0.364. The predicted octanol–water partition coefficient (Wildman–Crippen LogP) is 3.38. The number of primary amides is 1. The molecule has 0 aliphatic heterocycles. The number of carboxylic acids is 1. The van der Waals surface area contributed by atoms with Gasteiger partial charge < -0.3 is 15.6 Å². The maximum absolute atomic E-state index is 11.9. The molecule has 0 saturated heterocycles. The van der Waals surface area contributed by atoms with Gasteiger partial charge >= 0.3 is 5.97 Å². The van der Waals surface area contributed by atoms with Gasteiger partial charge in [0, 0.05) is 0 Å². The summed E-state index contributed by atoms with van der Waals surface area (Å²) in [6.45, 7) is 1.78. The summed E-state index contributed by atoms with van der Waals surface area (Å²) in [5.74, 6) is -0.371. The first kappa shape index (κ1) is 19.0. The van der Waals surface area contributed by atoms with Crippen molar-refractivity contribution in [3.05, 3.63) is 65.2 Å². The van der Waals surface area contributed by atoms with Crippen LogP contribution in [0.2, 0.25) is 1.41 Å². The van der Waals surface area contributed by atoms with Crippen LogP contribution in [0.15, 0.2) is 48.5 Å². The number of amides is 1. The van der Waals surface area contributed by atoms with Crippen LogP contribution < -0.4 is 10.5 Å². The van der Waals surface area contributed by atoms with Gasteiger partial charge in [-0.25, -0.2) is 0 Å². The van der Waals surface area contributed by atoms with E-state index >= 15 is 0 Å². The lowest BCUT2D eigenvalue weighted by Crippen LogP contribution is -2.30. The molecule has 0 bridgehead atoms. The van der Waals surface area contributed by atoms with Crippen molar-refractivity contribution in [3.8, 4) is 5.75 Å². The molecule has 0 aliphatic carbocycles. The van der Waals surface area contributed by atoms with Crippen molar-refractivity contribution >= 4 is 11.9 Å². The molecule has 144 valence electrons. The Bertz CT molecular complexity index is 789. The van der Waals surface area contributed by atoms with Gasteiger partial charge in [0.2, 0.25) is 5.91 Å². The summed E-state index contributed by atoms with van der Waals surface area (Å²) >= 11 is 0. The Morgan fingerprint density at radius 1 is 1.07 bits per heavy atom. The summed E-state index contributed by atoms with van der Waals surface area (Å²) in [7, 11) is 1.63. The molecule has 0 radical (unpaired) electrons. The van der Waals surface area contributed by atoms with Crippen LogP contribution in [0.5, 0.6) is 5.75 Å². The summed E-state index contributed by atoms with van der Waals surface area (Å²) in [5.41, 5.74) is 3.87. The first-order valence-electron chi connectivity index (χ1n) is 9.51. The van der Waals surface area contributed by atoms with Crippen LogP contribution in [-0.2, 0) is 28.9 Å². The highest BCUT2D eigenvalue weighted by atomic mass is 16.5. The first-order valence-corrected chi connectivity index (χ1v) is 9.01. The molecule has 5 heteroatoms. The van der Waals surface area contributed by atoms with E-state index in [-0.39, 0.29) is 12.3 Å². The summed E-state index contributed by atoms with van der Waals surface area (Å²) < 4.78 is 12.0. The second kappa shape index (κ2) is 9.21. The zero-order valence-corrected chi connectivity index (χ0v) is 15.8. The molecule has 2 aromatic rings. The van der Waals surface area contributed by atoms with E-state index in [1.165, 1.54) is 0 Å². The second-order valence-electron chi connectivity index (χ2n) is 7.16. The number of carbonyl (C=O) groups is 2. The van der Waals surface area contributed by atoms with E-state index in [9.17, 15) is 14.7 Å². The van der Waals surface area contributed by atoms with Gasteiger partial charge in [-0.3, -0.25) is 9.59 Å². The van der Waals surface area contributed by atoms with Crippen LogP contribution in [0.4, 0.5) is 0 Å². The second-order valence-corrected chi connectivity index (χ2v) is 7.16. The third kappa shape index (κ3) is 6.13. The fourth-order valence-corrected chi connectivity index (χ4v) is 3.16. The third-order valence-electron chi connectivity index (χ3n) is 4.85. The molecule has 0 saturated carbocycles. The van der Waals surface area contributed by atoms with Gasteiger partial charge in [-0.05, 0) is 61.4 Å². The Balaban J connectivity index is 1.96. The van der Waals surface area contributed by atoms with E-state index < -0.39 is 11.4 Å². The van der Waals surface area contributed by atoms with Crippen molar-refractivity contribution < 1.29 is 20.8 Å². The molecule has 0 fully saturated rings. The number of benzene rings is 2. The normalized spacial score (nSPS) is 13.3. The van der Waals surface area contributed by atoms with Crippen molar-refractivity contribution in [2.24, 2.45) is 11.1 Å². The molecular formula is C22H27NO4. The van der Waals surface area contributed by atoms with E-state index in [2.05, 4.69) is 0 Å². The van der Waals surface area contributed by atoms with Gasteiger partial charge in [0.1, 0.15) is 5.75 Å². The molecule has 2 aromatic carbocycles. The Labute approximate surface area is 161 Å². The molecule has 27 heavy (non-hydrogen) atoms. The first-order chi connectivity index (χ1) is 13.4. The van der Waals surface area contributed by atoms with Gasteiger partial charge in [0.15, 0.2) is 1.41 Å². The minimum absolute atomic E-state index is 0.141. The summed E-state index contributed by atoms with van der Waals surface area (Å²) in [6.07, 6.45) is 2.72. The Morgan fingerprint density at radius 2 is 1.67 bits per heavy atom. The van der Waals surface area contributed by atoms with Crippen molar-refractivity contribution in [1.82, 2.24) is 0 Å². The molecule has 0 spiro atoms. The topological polar surface area (TPSA) is 89.6 Å². The van der Waals surface area contributed by atoms with Gasteiger partial charge in [0.25, 0.3) is 0 Å². The highest BCUT2D eigenvalue weighted by molar-refractivity contribution is 5.76. The number of hydrogen-bond acceptors (Lipinski definition) is 3. The highest BCUT2D eigenvalue weighted by Gasteiger charge is 2.32. The van der Waals surface area contributed by atoms with Crippen LogP contribution >= 0.6 is 0 Å². The molecule has 0 aromatic heterocycles. The maximum Gasteiger partial charge on any atom is 0.309 e. The van der Waals surface area contributed by atoms with E-state index in [1.807, 2.05) is 54.3 Å². The molecule has 1 amide bonds.